The molecule has 126 valence electrons. The van der Waals surface area contributed by atoms with Crippen LogP contribution in [-0.4, -0.2) is 52.5 Å². The smallest absolute Gasteiger partial charge is 0.407 e. The fraction of sp³-hybridized carbons (Fsp3) is 0.800. The molecule has 1 fully saturated rings. The van der Waals surface area contributed by atoms with Crippen LogP contribution in [0.4, 0.5) is 4.79 Å². The molecule has 1 heterocycles. The molecule has 0 atom stereocenters. The fourth-order valence-electron chi connectivity index (χ4n) is 2.20. The molecule has 0 radical (unpaired) electrons. The highest BCUT2D eigenvalue weighted by atomic mass is 32.2. The normalized spacial score (nSPS) is 16.3. The maximum atomic E-state index is 12.1. The second-order valence-corrected chi connectivity index (χ2v) is 7.85. The SMILES string of the molecule is CC(=O)SC1CCN(C(=O)CCNC(=O)OC(C)(C)C)CC1. The highest BCUT2D eigenvalue weighted by Crippen LogP contribution is 2.24. The van der Waals surface area contributed by atoms with E-state index in [4.69, 9.17) is 4.74 Å². The van der Waals surface area contributed by atoms with Crippen molar-refractivity contribution in [1.82, 2.24) is 10.2 Å². The average molecular weight is 330 g/mol. The number of carbonyl (C=O) groups is 3. The van der Waals surface area contributed by atoms with Crippen molar-refractivity contribution in [3.05, 3.63) is 0 Å². The van der Waals surface area contributed by atoms with Gasteiger partial charge in [0.2, 0.25) is 5.91 Å². The van der Waals surface area contributed by atoms with E-state index in [1.807, 2.05) is 0 Å². The van der Waals surface area contributed by atoms with Crippen LogP contribution in [-0.2, 0) is 14.3 Å². The molecular weight excluding hydrogens is 304 g/mol. The molecule has 0 unspecified atom stereocenters. The van der Waals surface area contributed by atoms with Crippen molar-refractivity contribution in [3.63, 3.8) is 0 Å². The first kappa shape index (κ1) is 18.8. The van der Waals surface area contributed by atoms with E-state index in [0.717, 1.165) is 12.8 Å². The summed E-state index contributed by atoms with van der Waals surface area (Å²) >= 11 is 1.37. The van der Waals surface area contributed by atoms with E-state index in [1.165, 1.54) is 11.8 Å². The lowest BCUT2D eigenvalue weighted by molar-refractivity contribution is -0.131. The summed E-state index contributed by atoms with van der Waals surface area (Å²) in [5.41, 5.74) is -0.537. The molecule has 0 aromatic heterocycles. The Morgan fingerprint density at radius 3 is 2.32 bits per heavy atom. The first-order valence-corrected chi connectivity index (χ1v) is 8.47. The number of alkyl carbamates (subject to hydrolysis) is 1. The molecule has 1 saturated heterocycles. The molecule has 2 amide bonds. The van der Waals surface area contributed by atoms with E-state index < -0.39 is 11.7 Å². The van der Waals surface area contributed by atoms with Crippen LogP contribution in [0.5, 0.6) is 0 Å². The number of amides is 2. The van der Waals surface area contributed by atoms with Gasteiger partial charge in [-0.05, 0) is 33.6 Å². The van der Waals surface area contributed by atoms with Gasteiger partial charge in [-0.25, -0.2) is 4.79 Å². The number of carbonyl (C=O) groups excluding carboxylic acids is 3. The third kappa shape index (κ3) is 7.68. The van der Waals surface area contributed by atoms with E-state index >= 15 is 0 Å². The third-order valence-electron chi connectivity index (χ3n) is 3.13. The number of thioether (sulfide) groups is 1. The summed E-state index contributed by atoms with van der Waals surface area (Å²) in [7, 11) is 0. The molecule has 0 bridgehead atoms. The van der Waals surface area contributed by atoms with Crippen LogP contribution in [0.3, 0.4) is 0 Å². The minimum Gasteiger partial charge on any atom is -0.444 e. The molecule has 6 nitrogen and oxygen atoms in total. The van der Waals surface area contributed by atoms with E-state index in [0.29, 0.717) is 18.3 Å². The molecule has 0 saturated carbocycles. The number of rotatable bonds is 4. The van der Waals surface area contributed by atoms with Gasteiger partial charge in [0.1, 0.15) is 5.60 Å². The number of hydrogen-bond acceptors (Lipinski definition) is 5. The lowest BCUT2D eigenvalue weighted by atomic mass is 10.1. The quantitative estimate of drug-likeness (QED) is 0.855. The Balaban J connectivity index is 2.21. The van der Waals surface area contributed by atoms with E-state index in [2.05, 4.69) is 5.32 Å². The van der Waals surface area contributed by atoms with Gasteiger partial charge in [0.05, 0.1) is 0 Å². The average Bonchev–Trinajstić information content (AvgIpc) is 2.36. The Bertz CT molecular complexity index is 412. The minimum atomic E-state index is -0.537. The van der Waals surface area contributed by atoms with E-state index in [-0.39, 0.29) is 24.0 Å². The lowest BCUT2D eigenvalue weighted by Gasteiger charge is -2.31. The number of hydrogen-bond donors (Lipinski definition) is 1. The second kappa shape index (κ2) is 8.41. The van der Waals surface area contributed by atoms with Crippen LogP contribution in [0.15, 0.2) is 0 Å². The predicted octanol–water partition coefficient (Wildman–Crippen LogP) is 2.17. The Kier molecular flexibility index (Phi) is 7.19. The van der Waals surface area contributed by atoms with Crippen molar-refractivity contribution in [2.75, 3.05) is 19.6 Å². The molecule has 0 aliphatic carbocycles. The molecule has 7 heteroatoms. The van der Waals surface area contributed by atoms with Gasteiger partial charge in [-0.2, -0.15) is 0 Å². The summed E-state index contributed by atoms with van der Waals surface area (Å²) in [5.74, 6) is 0.0299. The molecule has 1 N–H and O–H groups in total. The van der Waals surface area contributed by atoms with Crippen molar-refractivity contribution < 1.29 is 19.1 Å². The van der Waals surface area contributed by atoms with Crippen LogP contribution < -0.4 is 5.32 Å². The summed E-state index contributed by atoms with van der Waals surface area (Å²) in [6.45, 7) is 8.58. The Morgan fingerprint density at radius 2 is 1.82 bits per heavy atom. The maximum absolute atomic E-state index is 12.1. The van der Waals surface area contributed by atoms with E-state index in [9.17, 15) is 14.4 Å². The Hall–Kier alpha value is -1.24. The third-order valence-corrected chi connectivity index (χ3v) is 4.27. The summed E-state index contributed by atoms with van der Waals surface area (Å²) in [6.07, 6.45) is 1.45. The summed E-state index contributed by atoms with van der Waals surface area (Å²) in [4.78, 5) is 36.4. The highest BCUT2D eigenvalue weighted by molar-refractivity contribution is 8.14. The molecule has 0 spiro atoms. The van der Waals surface area contributed by atoms with Gasteiger partial charge >= 0.3 is 6.09 Å². The zero-order valence-corrected chi connectivity index (χ0v) is 14.6. The molecule has 1 aliphatic heterocycles. The summed E-state index contributed by atoms with van der Waals surface area (Å²) < 4.78 is 5.11. The zero-order chi connectivity index (χ0) is 16.8. The first-order chi connectivity index (χ1) is 10.2. The van der Waals surface area contributed by atoms with Gasteiger partial charge in [-0.15, -0.1) is 0 Å². The lowest BCUT2D eigenvalue weighted by Crippen LogP contribution is -2.41. The zero-order valence-electron chi connectivity index (χ0n) is 13.8. The van der Waals surface area contributed by atoms with Crippen molar-refractivity contribution >= 4 is 28.9 Å². The van der Waals surface area contributed by atoms with Crippen LogP contribution in [0.2, 0.25) is 0 Å². The van der Waals surface area contributed by atoms with Crippen molar-refractivity contribution in [2.24, 2.45) is 0 Å². The molecule has 1 rings (SSSR count). The molecule has 0 aromatic carbocycles. The summed E-state index contributed by atoms with van der Waals surface area (Å²) in [5, 5.41) is 3.04. The Morgan fingerprint density at radius 1 is 1.23 bits per heavy atom. The van der Waals surface area contributed by atoms with Crippen LogP contribution in [0, 0.1) is 0 Å². The van der Waals surface area contributed by atoms with Crippen molar-refractivity contribution in [3.8, 4) is 0 Å². The minimum absolute atomic E-state index is 0.0299. The maximum Gasteiger partial charge on any atom is 0.407 e. The van der Waals surface area contributed by atoms with Gasteiger partial charge in [0.15, 0.2) is 5.12 Å². The topological polar surface area (TPSA) is 75.7 Å². The fourth-order valence-corrected chi connectivity index (χ4v) is 3.12. The first-order valence-electron chi connectivity index (χ1n) is 7.59. The molecular formula is C15H26N2O4S. The number of nitrogens with zero attached hydrogens (tertiary/aromatic N) is 1. The van der Waals surface area contributed by atoms with Gasteiger partial charge in [0, 0.05) is 38.2 Å². The molecule has 1 aliphatic rings. The largest absolute Gasteiger partial charge is 0.444 e. The highest BCUT2D eigenvalue weighted by Gasteiger charge is 2.24. The predicted molar refractivity (Wildman–Crippen MR) is 86.7 cm³/mol. The van der Waals surface area contributed by atoms with Crippen LogP contribution >= 0.6 is 11.8 Å². The van der Waals surface area contributed by atoms with Crippen LogP contribution in [0.25, 0.3) is 0 Å². The number of ether oxygens (including phenoxy) is 1. The van der Waals surface area contributed by atoms with Gasteiger partial charge in [-0.3, -0.25) is 9.59 Å². The molecule has 22 heavy (non-hydrogen) atoms. The number of piperidine rings is 1. The monoisotopic (exact) mass is 330 g/mol. The second-order valence-electron chi connectivity index (χ2n) is 6.37. The number of nitrogens with one attached hydrogen (secondary N) is 1. The van der Waals surface area contributed by atoms with Crippen molar-refractivity contribution in [2.45, 2.75) is 57.8 Å². The number of likely N-dealkylation sites (tertiary alicyclic amines) is 1. The van der Waals surface area contributed by atoms with Gasteiger partial charge in [0.25, 0.3) is 0 Å². The standard InChI is InChI=1S/C15H26N2O4S/c1-11(18)22-12-6-9-17(10-7-12)13(19)5-8-16-14(20)21-15(2,3)4/h12H,5-10H2,1-4H3,(H,16,20). The van der Waals surface area contributed by atoms with Gasteiger partial charge in [-0.1, -0.05) is 11.8 Å². The van der Waals surface area contributed by atoms with Crippen LogP contribution in [0.1, 0.15) is 47.0 Å². The van der Waals surface area contributed by atoms with Gasteiger partial charge < -0.3 is 15.0 Å². The van der Waals surface area contributed by atoms with Crippen molar-refractivity contribution in [1.29, 1.82) is 0 Å². The molecule has 0 aromatic rings. The Labute approximate surface area is 136 Å². The summed E-state index contributed by atoms with van der Waals surface area (Å²) in [6, 6.07) is 0. The van der Waals surface area contributed by atoms with E-state index in [1.54, 1.807) is 32.6 Å².